The summed E-state index contributed by atoms with van der Waals surface area (Å²) in [5.41, 5.74) is 0.975. The molecule has 0 aromatic heterocycles. The number of carbonyl (C=O) groups excluding carboxylic acids is 1. The number of esters is 1. The molecule has 1 rings (SSSR count). The molecule has 0 atom stereocenters. The number of hydrogen-bond acceptors (Lipinski definition) is 3. The number of carbonyl (C=O) groups is 2. The summed E-state index contributed by atoms with van der Waals surface area (Å²) >= 11 is 0. The molecule has 0 amide bonds. The van der Waals surface area contributed by atoms with Gasteiger partial charge in [0.1, 0.15) is 6.61 Å². The zero-order valence-corrected chi connectivity index (χ0v) is 13.2. The summed E-state index contributed by atoms with van der Waals surface area (Å²) in [5, 5.41) is 8.37. The third-order valence-corrected chi connectivity index (χ3v) is 2.89. The van der Waals surface area contributed by atoms with Crippen molar-refractivity contribution < 1.29 is 19.4 Å². The van der Waals surface area contributed by atoms with E-state index in [2.05, 4.69) is 6.58 Å². The third-order valence-electron chi connectivity index (χ3n) is 2.89. The van der Waals surface area contributed by atoms with Gasteiger partial charge in [0.15, 0.2) is 0 Å². The summed E-state index contributed by atoms with van der Waals surface area (Å²) in [6, 6.07) is 9.57. The van der Waals surface area contributed by atoms with Crippen LogP contribution in [0.5, 0.6) is 0 Å². The fraction of sp³-hybridized carbons (Fsp3) is 0.333. The largest absolute Gasteiger partial charge is 0.481 e. The van der Waals surface area contributed by atoms with Gasteiger partial charge in [-0.3, -0.25) is 4.79 Å². The molecule has 0 bridgehead atoms. The Morgan fingerprint density at radius 2 is 1.82 bits per heavy atom. The molecule has 0 fully saturated rings. The SMILES string of the molecule is C=CCOC(=O)C=Cc1ccccc1.CCC(CC)C(=O)O. The van der Waals surface area contributed by atoms with Crippen LogP contribution in [0.4, 0.5) is 0 Å². The number of hydrogen-bond donors (Lipinski definition) is 1. The zero-order chi connectivity index (χ0) is 16.8. The first-order chi connectivity index (χ1) is 10.5. The highest BCUT2D eigenvalue weighted by atomic mass is 16.5. The van der Waals surface area contributed by atoms with Gasteiger partial charge in [-0.1, -0.05) is 56.8 Å². The van der Waals surface area contributed by atoms with Gasteiger partial charge >= 0.3 is 11.9 Å². The Morgan fingerprint density at radius 3 is 2.23 bits per heavy atom. The van der Waals surface area contributed by atoms with Crippen LogP contribution < -0.4 is 0 Å². The summed E-state index contributed by atoms with van der Waals surface area (Å²) in [4.78, 5) is 21.2. The molecule has 1 aromatic rings. The molecule has 22 heavy (non-hydrogen) atoms. The van der Waals surface area contributed by atoms with Crippen LogP contribution in [-0.2, 0) is 14.3 Å². The Bertz CT molecular complexity index is 473. The number of rotatable bonds is 7. The second-order valence-corrected chi connectivity index (χ2v) is 4.51. The first kappa shape index (κ1) is 19.6. The van der Waals surface area contributed by atoms with Crippen LogP contribution in [0.1, 0.15) is 32.3 Å². The molecule has 1 N–H and O–H groups in total. The van der Waals surface area contributed by atoms with Crippen LogP contribution in [0.15, 0.2) is 49.1 Å². The molecule has 0 saturated heterocycles. The quantitative estimate of drug-likeness (QED) is 0.471. The van der Waals surface area contributed by atoms with E-state index in [1.54, 1.807) is 6.08 Å². The van der Waals surface area contributed by atoms with Crippen molar-refractivity contribution in [3.05, 3.63) is 54.6 Å². The maximum Gasteiger partial charge on any atom is 0.331 e. The molecule has 0 aliphatic carbocycles. The van der Waals surface area contributed by atoms with Crippen molar-refractivity contribution >= 4 is 18.0 Å². The van der Waals surface area contributed by atoms with Gasteiger partial charge in [0.05, 0.1) is 5.92 Å². The lowest BCUT2D eigenvalue weighted by molar-refractivity contribution is -0.142. The van der Waals surface area contributed by atoms with Gasteiger partial charge in [-0.2, -0.15) is 0 Å². The summed E-state index contributed by atoms with van der Waals surface area (Å²) in [6.45, 7) is 7.48. The first-order valence-corrected chi connectivity index (χ1v) is 7.28. The van der Waals surface area contributed by atoms with Crippen molar-refractivity contribution in [2.24, 2.45) is 5.92 Å². The van der Waals surface area contributed by atoms with E-state index in [4.69, 9.17) is 9.84 Å². The Kier molecular flexibility index (Phi) is 11.1. The smallest absolute Gasteiger partial charge is 0.331 e. The number of aliphatic carboxylic acids is 1. The minimum absolute atomic E-state index is 0.130. The van der Waals surface area contributed by atoms with Gasteiger partial charge in [0.2, 0.25) is 0 Å². The van der Waals surface area contributed by atoms with Crippen LogP contribution in [0.25, 0.3) is 6.08 Å². The van der Waals surface area contributed by atoms with E-state index in [0.717, 1.165) is 18.4 Å². The predicted molar refractivity (Wildman–Crippen MR) is 88.3 cm³/mol. The average molecular weight is 304 g/mol. The van der Waals surface area contributed by atoms with E-state index in [-0.39, 0.29) is 18.5 Å². The normalized spacial score (nSPS) is 9.95. The van der Waals surface area contributed by atoms with E-state index >= 15 is 0 Å². The molecule has 120 valence electrons. The highest BCUT2D eigenvalue weighted by molar-refractivity contribution is 5.87. The summed E-state index contributed by atoms with van der Waals surface area (Å²) < 4.78 is 4.77. The first-order valence-electron chi connectivity index (χ1n) is 7.28. The zero-order valence-electron chi connectivity index (χ0n) is 13.2. The van der Waals surface area contributed by atoms with E-state index in [9.17, 15) is 9.59 Å². The molecule has 4 nitrogen and oxygen atoms in total. The van der Waals surface area contributed by atoms with Crippen molar-refractivity contribution in [1.29, 1.82) is 0 Å². The lowest BCUT2D eigenvalue weighted by Gasteiger charge is -2.02. The molecule has 0 saturated carbocycles. The molecule has 4 heteroatoms. The molecule has 0 heterocycles. The Balaban J connectivity index is 0.000000472. The molecular formula is C18H24O4. The molecule has 0 unspecified atom stereocenters. The highest BCUT2D eigenvalue weighted by Crippen LogP contribution is 2.05. The Labute approximate surface area is 132 Å². The highest BCUT2D eigenvalue weighted by Gasteiger charge is 2.10. The molecule has 1 aromatic carbocycles. The second-order valence-electron chi connectivity index (χ2n) is 4.51. The maximum absolute atomic E-state index is 11.0. The summed E-state index contributed by atoms with van der Waals surface area (Å²) in [6.07, 6.45) is 6.14. The van der Waals surface area contributed by atoms with Crippen molar-refractivity contribution in [3.8, 4) is 0 Å². The topological polar surface area (TPSA) is 63.6 Å². The maximum atomic E-state index is 11.0. The van der Waals surface area contributed by atoms with Crippen LogP contribution in [-0.4, -0.2) is 23.7 Å². The monoisotopic (exact) mass is 304 g/mol. The van der Waals surface area contributed by atoms with Crippen molar-refractivity contribution in [2.45, 2.75) is 26.7 Å². The van der Waals surface area contributed by atoms with Gasteiger partial charge in [-0.25, -0.2) is 4.79 Å². The number of benzene rings is 1. The Morgan fingerprint density at radius 1 is 1.23 bits per heavy atom. The molecule has 0 spiro atoms. The minimum Gasteiger partial charge on any atom is -0.481 e. The molecule has 0 aliphatic heterocycles. The fourth-order valence-electron chi connectivity index (χ4n) is 1.56. The van der Waals surface area contributed by atoms with Crippen molar-refractivity contribution in [1.82, 2.24) is 0 Å². The summed E-state index contributed by atoms with van der Waals surface area (Å²) in [7, 11) is 0. The van der Waals surface area contributed by atoms with Gasteiger partial charge in [0, 0.05) is 6.08 Å². The average Bonchev–Trinajstić information content (AvgIpc) is 2.53. The van der Waals surface area contributed by atoms with Crippen LogP contribution in [0, 0.1) is 5.92 Å². The number of carboxylic acids is 1. The van der Waals surface area contributed by atoms with Gasteiger partial charge in [0.25, 0.3) is 0 Å². The van der Waals surface area contributed by atoms with Crippen molar-refractivity contribution in [3.63, 3.8) is 0 Å². The lowest BCUT2D eigenvalue weighted by Crippen LogP contribution is -2.10. The minimum atomic E-state index is -0.671. The van der Waals surface area contributed by atoms with Crippen LogP contribution in [0.2, 0.25) is 0 Å². The number of ether oxygens (including phenoxy) is 1. The van der Waals surface area contributed by atoms with Crippen LogP contribution >= 0.6 is 0 Å². The van der Waals surface area contributed by atoms with Crippen LogP contribution in [0.3, 0.4) is 0 Å². The standard InChI is InChI=1S/C12H12O2.C6H12O2/c1-2-10-14-12(13)9-8-11-6-4-3-5-7-11;1-3-5(4-2)6(7)8/h2-9H,1,10H2;5H,3-4H2,1-2H3,(H,7,8). The lowest BCUT2D eigenvalue weighted by atomic mass is 10.1. The molecular weight excluding hydrogens is 280 g/mol. The van der Waals surface area contributed by atoms with Crippen molar-refractivity contribution in [2.75, 3.05) is 6.61 Å². The fourth-order valence-corrected chi connectivity index (χ4v) is 1.56. The van der Waals surface area contributed by atoms with E-state index in [1.807, 2.05) is 44.2 Å². The molecule has 0 radical (unpaired) electrons. The van der Waals surface area contributed by atoms with Gasteiger partial charge < -0.3 is 9.84 Å². The summed E-state index contributed by atoms with van der Waals surface area (Å²) in [5.74, 6) is -1.15. The second kappa shape index (κ2) is 12.4. The van der Waals surface area contributed by atoms with E-state index in [1.165, 1.54) is 12.2 Å². The Hall–Kier alpha value is -2.36. The predicted octanol–water partition coefficient (Wildman–Crippen LogP) is 3.94. The van der Waals surface area contributed by atoms with E-state index in [0.29, 0.717) is 0 Å². The van der Waals surface area contributed by atoms with Gasteiger partial charge in [-0.05, 0) is 24.5 Å². The number of carboxylic acid groups (broad SMARTS) is 1. The van der Waals surface area contributed by atoms with Gasteiger partial charge in [-0.15, -0.1) is 0 Å². The molecule has 0 aliphatic rings. The third kappa shape index (κ3) is 9.53. The van der Waals surface area contributed by atoms with E-state index < -0.39 is 5.97 Å².